The first kappa shape index (κ1) is 16.1. The van der Waals surface area contributed by atoms with Crippen LogP contribution in [0.15, 0.2) is 42.2 Å². The Balaban J connectivity index is 2.33. The summed E-state index contributed by atoms with van der Waals surface area (Å²) in [5.74, 6) is 0.773. The van der Waals surface area contributed by atoms with Crippen LogP contribution in [-0.2, 0) is 4.79 Å². The van der Waals surface area contributed by atoms with E-state index in [0.717, 1.165) is 12.1 Å². The molecule has 1 aromatic carbocycles. The van der Waals surface area contributed by atoms with E-state index in [1.54, 1.807) is 4.90 Å². The molecule has 0 saturated carbocycles. The van der Waals surface area contributed by atoms with Crippen molar-refractivity contribution in [3.8, 4) is 0 Å². The fourth-order valence-electron chi connectivity index (χ4n) is 2.59. The summed E-state index contributed by atoms with van der Waals surface area (Å²) in [5.41, 5.74) is 6.91. The van der Waals surface area contributed by atoms with E-state index in [9.17, 15) is 4.79 Å². The molecule has 1 amide bonds. The number of nitrogens with one attached hydrogen (secondary N) is 1. The Hall–Kier alpha value is -2.30. The van der Waals surface area contributed by atoms with Gasteiger partial charge in [-0.05, 0) is 31.4 Å². The molecule has 1 unspecified atom stereocenters. The maximum atomic E-state index is 12.8. The highest BCUT2D eigenvalue weighted by Gasteiger charge is 2.38. The number of amidine groups is 1. The molecule has 2 rings (SSSR count). The number of amides is 1. The summed E-state index contributed by atoms with van der Waals surface area (Å²) >= 11 is 0. The summed E-state index contributed by atoms with van der Waals surface area (Å²) in [6.45, 7) is 6.80. The van der Waals surface area contributed by atoms with Crippen LogP contribution in [0.2, 0.25) is 0 Å². The van der Waals surface area contributed by atoms with Crippen molar-refractivity contribution in [1.82, 2.24) is 4.90 Å². The van der Waals surface area contributed by atoms with E-state index in [0.29, 0.717) is 24.0 Å². The van der Waals surface area contributed by atoms with Crippen molar-refractivity contribution in [3.63, 3.8) is 0 Å². The van der Waals surface area contributed by atoms with Crippen LogP contribution in [0.25, 0.3) is 0 Å². The lowest BCUT2D eigenvalue weighted by Crippen LogP contribution is -2.58. The molecule has 0 radical (unpaired) electrons. The molecule has 22 heavy (non-hydrogen) atoms. The number of hydrogen-bond donors (Lipinski definition) is 2. The van der Waals surface area contributed by atoms with Gasteiger partial charge in [0, 0.05) is 18.4 Å². The maximum absolute atomic E-state index is 12.8. The van der Waals surface area contributed by atoms with E-state index < -0.39 is 0 Å². The lowest BCUT2D eigenvalue weighted by molar-refractivity contribution is -0.122. The van der Waals surface area contributed by atoms with Gasteiger partial charge in [0.25, 0.3) is 5.91 Å². The van der Waals surface area contributed by atoms with Crippen molar-refractivity contribution in [3.05, 3.63) is 42.2 Å². The van der Waals surface area contributed by atoms with Gasteiger partial charge in [0.2, 0.25) is 0 Å². The Bertz CT molecular complexity index is 580. The van der Waals surface area contributed by atoms with E-state index in [1.165, 1.54) is 6.20 Å². The van der Waals surface area contributed by atoms with Crippen molar-refractivity contribution < 1.29 is 4.79 Å². The Morgan fingerprint density at radius 1 is 1.32 bits per heavy atom. The number of para-hydroxylation sites is 1. The van der Waals surface area contributed by atoms with Gasteiger partial charge in [-0.15, -0.1) is 0 Å². The average molecular weight is 300 g/mol. The minimum Gasteiger partial charge on any atom is -0.403 e. The molecule has 1 aromatic rings. The standard InChI is InChI=1S/C17H24N4O/c1-12(2)9-10-20-13(3)17(22)21(15(11-18)16(20)19)14-7-5-4-6-8-14/h4-8,11-13,19H,9-10,18H2,1-3H3/b15-11+,19-16?. The molecular weight excluding hydrogens is 276 g/mol. The van der Waals surface area contributed by atoms with Crippen LogP contribution < -0.4 is 10.6 Å². The van der Waals surface area contributed by atoms with Crippen LogP contribution >= 0.6 is 0 Å². The lowest BCUT2D eigenvalue weighted by atomic mass is 10.0. The van der Waals surface area contributed by atoms with Gasteiger partial charge in [-0.2, -0.15) is 0 Å². The number of benzene rings is 1. The molecule has 118 valence electrons. The number of rotatable bonds is 4. The quantitative estimate of drug-likeness (QED) is 0.897. The van der Waals surface area contributed by atoms with Gasteiger partial charge in [0.1, 0.15) is 17.6 Å². The molecule has 3 N–H and O–H groups in total. The second kappa shape index (κ2) is 6.64. The molecule has 0 aromatic heterocycles. The second-order valence-corrected chi connectivity index (χ2v) is 5.96. The first-order valence-electron chi connectivity index (χ1n) is 7.63. The highest BCUT2D eigenvalue weighted by molar-refractivity contribution is 6.15. The van der Waals surface area contributed by atoms with Gasteiger partial charge >= 0.3 is 0 Å². The fourth-order valence-corrected chi connectivity index (χ4v) is 2.59. The predicted molar refractivity (Wildman–Crippen MR) is 89.5 cm³/mol. The number of hydrogen-bond acceptors (Lipinski definition) is 3. The van der Waals surface area contributed by atoms with Crippen LogP contribution in [0, 0.1) is 11.3 Å². The summed E-state index contributed by atoms with van der Waals surface area (Å²) < 4.78 is 0. The Morgan fingerprint density at radius 2 is 1.95 bits per heavy atom. The molecule has 1 heterocycles. The smallest absolute Gasteiger partial charge is 0.254 e. The molecule has 1 fully saturated rings. The third-order valence-corrected chi connectivity index (χ3v) is 3.94. The average Bonchev–Trinajstić information content (AvgIpc) is 2.51. The molecule has 0 aliphatic carbocycles. The fraction of sp³-hybridized carbons (Fsp3) is 0.412. The minimum absolute atomic E-state index is 0.0531. The number of carbonyl (C=O) groups excluding carboxylic acids is 1. The monoisotopic (exact) mass is 300 g/mol. The van der Waals surface area contributed by atoms with E-state index in [1.807, 2.05) is 42.2 Å². The van der Waals surface area contributed by atoms with E-state index in [2.05, 4.69) is 13.8 Å². The maximum Gasteiger partial charge on any atom is 0.254 e. The zero-order valence-corrected chi connectivity index (χ0v) is 13.4. The first-order valence-corrected chi connectivity index (χ1v) is 7.63. The summed E-state index contributed by atoms with van der Waals surface area (Å²) in [7, 11) is 0. The van der Waals surface area contributed by atoms with Gasteiger partial charge in [-0.1, -0.05) is 32.0 Å². The topological polar surface area (TPSA) is 73.4 Å². The van der Waals surface area contributed by atoms with Crippen LogP contribution in [0.4, 0.5) is 5.69 Å². The molecule has 1 aliphatic rings. The van der Waals surface area contributed by atoms with Gasteiger partial charge < -0.3 is 10.6 Å². The highest BCUT2D eigenvalue weighted by atomic mass is 16.2. The van der Waals surface area contributed by atoms with Crippen molar-refractivity contribution in [2.75, 3.05) is 11.4 Å². The normalized spacial score (nSPS) is 21.1. The van der Waals surface area contributed by atoms with Crippen molar-refractivity contribution in [2.24, 2.45) is 11.7 Å². The third kappa shape index (κ3) is 2.98. The molecule has 1 aliphatic heterocycles. The lowest BCUT2D eigenvalue weighted by Gasteiger charge is -2.42. The van der Waals surface area contributed by atoms with E-state index in [-0.39, 0.29) is 11.9 Å². The molecular formula is C17H24N4O. The molecule has 0 spiro atoms. The molecule has 5 heteroatoms. The predicted octanol–water partition coefficient (Wildman–Crippen LogP) is 2.55. The van der Waals surface area contributed by atoms with Gasteiger partial charge in [-0.3, -0.25) is 15.1 Å². The summed E-state index contributed by atoms with van der Waals surface area (Å²) in [6.07, 6.45) is 2.28. The van der Waals surface area contributed by atoms with Crippen LogP contribution in [-0.4, -0.2) is 29.2 Å². The van der Waals surface area contributed by atoms with Crippen molar-refractivity contribution in [1.29, 1.82) is 5.41 Å². The Labute approximate surface area is 131 Å². The summed E-state index contributed by atoms with van der Waals surface area (Å²) in [4.78, 5) is 16.2. The zero-order valence-electron chi connectivity index (χ0n) is 13.4. The second-order valence-electron chi connectivity index (χ2n) is 5.96. The zero-order chi connectivity index (χ0) is 16.3. The highest BCUT2D eigenvalue weighted by Crippen LogP contribution is 2.27. The van der Waals surface area contributed by atoms with E-state index >= 15 is 0 Å². The number of anilines is 1. The van der Waals surface area contributed by atoms with Crippen LogP contribution in [0.5, 0.6) is 0 Å². The van der Waals surface area contributed by atoms with Gasteiger partial charge in [0.05, 0.1) is 0 Å². The molecule has 1 saturated heterocycles. The van der Waals surface area contributed by atoms with E-state index in [4.69, 9.17) is 11.1 Å². The largest absolute Gasteiger partial charge is 0.403 e. The van der Waals surface area contributed by atoms with Crippen molar-refractivity contribution >= 4 is 17.4 Å². The Morgan fingerprint density at radius 3 is 2.50 bits per heavy atom. The number of nitrogens with zero attached hydrogens (tertiary/aromatic N) is 2. The minimum atomic E-state index is -0.366. The molecule has 1 atom stereocenters. The first-order chi connectivity index (χ1) is 10.5. The number of nitrogens with two attached hydrogens (primary N) is 1. The summed E-state index contributed by atoms with van der Waals surface area (Å²) in [6, 6.07) is 8.98. The van der Waals surface area contributed by atoms with Crippen LogP contribution in [0.3, 0.4) is 0 Å². The molecule has 5 nitrogen and oxygen atoms in total. The number of piperazine rings is 1. The van der Waals surface area contributed by atoms with Gasteiger partial charge in [-0.25, -0.2) is 0 Å². The van der Waals surface area contributed by atoms with Gasteiger partial charge in [0.15, 0.2) is 0 Å². The third-order valence-electron chi connectivity index (χ3n) is 3.94. The summed E-state index contributed by atoms with van der Waals surface area (Å²) in [5, 5.41) is 8.43. The molecule has 0 bridgehead atoms. The van der Waals surface area contributed by atoms with Crippen LogP contribution in [0.1, 0.15) is 27.2 Å². The van der Waals surface area contributed by atoms with Crippen molar-refractivity contribution in [2.45, 2.75) is 33.2 Å². The SMILES string of the molecule is CC(C)CCN1C(=N)/C(=C\N)N(c2ccccc2)C(=O)C1C. The number of carbonyl (C=O) groups is 1. The Kier molecular flexibility index (Phi) is 4.85.